The number of fused-ring (bicyclic) bond motifs is 2. The minimum atomic E-state index is -4.35. The van der Waals surface area contributed by atoms with Gasteiger partial charge in [-0.05, 0) is 112 Å². The quantitative estimate of drug-likeness (QED) is 0.0106. The average molecular weight is 1480 g/mol. The summed E-state index contributed by atoms with van der Waals surface area (Å²) in [5.74, 6) is -4.12. The first-order valence-corrected chi connectivity index (χ1v) is 37.6. The number of nitro benzene ring substituents is 1. The van der Waals surface area contributed by atoms with Crippen molar-refractivity contribution in [1.82, 2.24) is 5.32 Å². The lowest BCUT2D eigenvalue weighted by molar-refractivity contribution is -0.385. The summed E-state index contributed by atoms with van der Waals surface area (Å²) in [5.41, 5.74) is 3.76. The Morgan fingerprint density at radius 2 is 1.52 bits per heavy atom. The van der Waals surface area contributed by atoms with Gasteiger partial charge in [-0.1, -0.05) is 66.4 Å². The first kappa shape index (κ1) is 82.8. The Morgan fingerprint density at radius 1 is 0.918 bits per heavy atom. The highest BCUT2D eigenvalue weighted by atomic mass is 35.5. The highest BCUT2D eigenvalue weighted by Gasteiger charge is 2.43. The summed E-state index contributed by atoms with van der Waals surface area (Å²) in [5, 5.41) is 21.1. The third-order valence-corrected chi connectivity index (χ3v) is 17.0. The maximum Gasteiger partial charge on any atom is 0.317 e. The SMILES string of the molecule is C#CCN1C(=O)COc2cc(F)c(N3C(=O)C4=C(CCCC4)C3=O)cc21.CC1COc2ccccc2N1C(=O)C(Cl)Cl.CCc1cccc(C)c1N(C(=O)CCl)C(C)COC.CS(=O)(=O)c1ccc(C(=O)C2C(=O)CCCC2=O)c([N+](=O)[O-])c1.C[S+](C)C.O=C(O)CNCP(=O)([O-])O. The number of ether oxygens (including phenoxy) is 3. The zero-order chi connectivity index (χ0) is 73.7. The number of halogens is 4. The predicted octanol–water partition coefficient (Wildman–Crippen LogP) is 7.47. The smallest absolute Gasteiger partial charge is 0.317 e. The molecule has 3 atom stereocenters. The average Bonchev–Trinajstić information content (AvgIpc) is 1.57. The van der Waals surface area contributed by atoms with Gasteiger partial charge in [0, 0.05) is 49.5 Å². The van der Waals surface area contributed by atoms with E-state index in [0.717, 1.165) is 77.2 Å². The molecule has 98 heavy (non-hydrogen) atoms. The predicted molar refractivity (Wildman–Crippen MR) is 369 cm³/mol. The van der Waals surface area contributed by atoms with Crippen LogP contribution in [0.1, 0.15) is 87.2 Å². The van der Waals surface area contributed by atoms with Crippen LogP contribution in [0.3, 0.4) is 0 Å². The van der Waals surface area contributed by atoms with E-state index in [0.29, 0.717) is 60.3 Å². The van der Waals surface area contributed by atoms with E-state index in [9.17, 15) is 75.5 Å². The molecular formula is C65H77Cl3FN6O20PS2. The van der Waals surface area contributed by atoms with E-state index in [1.54, 1.807) is 16.9 Å². The number of carboxylic acid groups (broad SMARTS) is 1. The van der Waals surface area contributed by atoms with Crippen molar-refractivity contribution >= 4 is 144 Å². The fraction of sp³-hybridized carbons (Fsp3) is 0.431. The zero-order valence-electron chi connectivity index (χ0n) is 55.2. The Bertz CT molecular complexity index is 3860. The highest BCUT2D eigenvalue weighted by Crippen LogP contribution is 2.42. The molecule has 4 aromatic carbocycles. The number of nitrogens with zero attached hydrogens (tertiary/aromatic N) is 5. The van der Waals surface area contributed by atoms with Crippen LogP contribution in [0.25, 0.3) is 0 Å². The number of hydrogen-bond acceptors (Lipinski definition) is 19. The number of terminal acetylenes is 1. The number of aliphatic carboxylic acids is 1. The lowest BCUT2D eigenvalue weighted by Crippen LogP contribution is -2.47. The van der Waals surface area contributed by atoms with Gasteiger partial charge >= 0.3 is 5.97 Å². The number of methoxy groups -OCH3 is 1. The van der Waals surface area contributed by atoms with Crippen LogP contribution in [0.5, 0.6) is 11.5 Å². The lowest BCUT2D eigenvalue weighted by Gasteiger charge is -2.35. The van der Waals surface area contributed by atoms with Gasteiger partial charge in [-0.2, -0.15) is 0 Å². The molecule has 532 valence electrons. The summed E-state index contributed by atoms with van der Waals surface area (Å²) in [6.45, 7) is 8.16. The maximum atomic E-state index is 14.7. The van der Waals surface area contributed by atoms with Gasteiger partial charge in [0.1, 0.15) is 37.5 Å². The number of hydrogen-bond donors (Lipinski definition) is 3. The van der Waals surface area contributed by atoms with Gasteiger partial charge in [0.15, 0.2) is 44.4 Å². The van der Waals surface area contributed by atoms with Gasteiger partial charge in [-0.15, -0.1) is 18.0 Å². The fourth-order valence-corrected chi connectivity index (χ4v) is 11.8. The van der Waals surface area contributed by atoms with Crippen LogP contribution in [0.4, 0.5) is 32.8 Å². The molecule has 2 aliphatic carbocycles. The molecule has 33 heteroatoms. The van der Waals surface area contributed by atoms with Gasteiger partial charge in [-0.25, -0.2) is 17.7 Å². The van der Waals surface area contributed by atoms with E-state index in [1.165, 1.54) is 11.0 Å². The monoisotopic (exact) mass is 1480 g/mol. The van der Waals surface area contributed by atoms with Crippen LogP contribution < -0.4 is 39.3 Å². The Kier molecular flexibility index (Phi) is 32.2. The number of alkyl halides is 3. The summed E-state index contributed by atoms with van der Waals surface area (Å²) < 4.78 is 63.5. The molecule has 1 fully saturated rings. The van der Waals surface area contributed by atoms with Gasteiger partial charge < -0.3 is 43.5 Å². The number of nitrogens with one attached hydrogen (secondary N) is 1. The number of Topliss-reactive ketones (excluding diaryl/α,β-unsaturated/α-hetero) is 3. The van der Waals surface area contributed by atoms with E-state index in [4.69, 9.17) is 65.4 Å². The van der Waals surface area contributed by atoms with Crippen LogP contribution in [-0.4, -0.2) is 170 Å². The number of sulfone groups is 1. The second-order valence-corrected chi connectivity index (χ2v) is 30.2. The third kappa shape index (κ3) is 22.7. The van der Waals surface area contributed by atoms with Crippen LogP contribution in [-0.2, 0) is 74.8 Å². The molecule has 0 bridgehead atoms. The molecule has 4 aromatic rings. The van der Waals surface area contributed by atoms with E-state index < -0.39 is 98.1 Å². The second-order valence-electron chi connectivity index (χ2n) is 22.8. The number of rotatable bonds is 17. The number of anilines is 4. The molecule has 26 nitrogen and oxygen atoms in total. The van der Waals surface area contributed by atoms with Crippen LogP contribution in [0, 0.1) is 41.1 Å². The van der Waals surface area contributed by atoms with Crippen LogP contribution in [0.15, 0.2) is 88.8 Å². The van der Waals surface area contributed by atoms with E-state index in [1.807, 2.05) is 62.5 Å². The molecule has 0 aromatic heterocycles. The minimum Gasteiger partial charge on any atom is -0.778 e. The number of carbonyl (C=O) groups is 9. The number of imide groups is 1. The van der Waals surface area contributed by atoms with E-state index in [2.05, 4.69) is 37.7 Å². The molecule has 5 aliphatic rings. The van der Waals surface area contributed by atoms with Gasteiger partial charge in [0.05, 0.1) is 95.0 Å². The number of benzene rings is 4. The molecule has 3 heterocycles. The number of carboxylic acids is 1. The Morgan fingerprint density at radius 3 is 2.04 bits per heavy atom. The van der Waals surface area contributed by atoms with Gasteiger partial charge in [0.2, 0.25) is 5.91 Å². The van der Waals surface area contributed by atoms with Crippen molar-refractivity contribution in [2.75, 3.05) is 96.8 Å². The minimum absolute atomic E-state index is 0.0170. The van der Waals surface area contributed by atoms with Crippen molar-refractivity contribution in [3.05, 3.63) is 117 Å². The van der Waals surface area contributed by atoms with Crippen molar-refractivity contribution in [3.63, 3.8) is 0 Å². The normalized spacial score (nSPS) is 16.5. The summed E-state index contributed by atoms with van der Waals surface area (Å²) >= 11 is 17.0. The molecule has 1 saturated carbocycles. The molecule has 0 radical (unpaired) electrons. The second kappa shape index (κ2) is 38.1. The zero-order valence-corrected chi connectivity index (χ0v) is 60.0. The number of carbonyl (C=O) groups excluding carboxylic acids is 8. The van der Waals surface area contributed by atoms with Crippen molar-refractivity contribution in [2.24, 2.45) is 5.92 Å². The van der Waals surface area contributed by atoms with Gasteiger partial charge in [-0.3, -0.25) is 63.5 Å². The maximum absolute atomic E-state index is 14.7. The van der Waals surface area contributed by atoms with Crippen LogP contribution in [0.2, 0.25) is 0 Å². The summed E-state index contributed by atoms with van der Waals surface area (Å²) in [7, 11) is -5.77. The summed E-state index contributed by atoms with van der Waals surface area (Å²) in [6.07, 6.45) is 16.1. The van der Waals surface area contributed by atoms with Crippen molar-refractivity contribution in [1.29, 1.82) is 0 Å². The fourth-order valence-electron chi connectivity index (χ4n) is 10.4. The van der Waals surface area contributed by atoms with Crippen LogP contribution >= 0.6 is 42.4 Å². The third-order valence-electron chi connectivity index (χ3n) is 14.7. The van der Waals surface area contributed by atoms with Crippen molar-refractivity contribution < 1.29 is 94.6 Å². The number of nitro groups is 1. The molecule has 0 spiro atoms. The molecule has 3 aliphatic heterocycles. The highest BCUT2D eigenvalue weighted by molar-refractivity contribution is 7.94. The number of aryl methyl sites for hydroxylation is 2. The summed E-state index contributed by atoms with van der Waals surface area (Å²) in [6, 6.07) is 18.5. The van der Waals surface area contributed by atoms with Gasteiger partial charge in [0.25, 0.3) is 29.3 Å². The Balaban J connectivity index is 0.000000264. The number of amides is 5. The number of ketones is 3. The summed E-state index contributed by atoms with van der Waals surface area (Å²) in [4.78, 5) is 140. The van der Waals surface area contributed by atoms with Crippen molar-refractivity contribution in [2.45, 2.75) is 101 Å². The Labute approximate surface area is 585 Å². The van der Waals surface area contributed by atoms with Crippen molar-refractivity contribution in [3.8, 4) is 23.8 Å². The Hall–Kier alpha value is -7.62. The van der Waals surface area contributed by atoms with E-state index >= 15 is 0 Å². The largest absolute Gasteiger partial charge is 0.778 e. The molecule has 9 rings (SSSR count). The standard InChI is InChI=1S/C19H15FN2O4.C15H22ClNO2.C14H13NO7S.C11H11Cl2NO2.C3H8NO5P.C3H9S/c1-2-7-21-15-9-14(13(20)8-16(15)26-10-17(21)23)22-18(24)11-5-3-4-6-12(11)19(22)25;1-5-13-8-6-7-11(2)15(13)17(14(18)9-16)12(3)10-19-4;1-23(21,22)8-5-6-9(10(7-8)15(19)20)14(18)13-11(16)3-2-4-12(13)17;1-7-6-16-9-5-3-2-4-8(9)14(7)11(15)10(12)13;5-3(6)1-4-2-10(7,8)9;1-4(2)3/h1,8-9H,3-7,10H2;6-8,12H,5,9-10H2,1-4H3;5-7,13H,2-4H2,1H3;2-5,7,10H,6H2,1H3;4H,1-2H2,(H,5,6)(H2,7,8,9);1-3H3/q;;;;;+1/p-1. The first-order valence-electron chi connectivity index (χ1n) is 30.1. The first-order chi connectivity index (χ1) is 46.0. The molecule has 5 amide bonds. The molecule has 0 saturated heterocycles. The molecular weight excluding hydrogens is 1410 g/mol. The number of para-hydroxylation sites is 3. The lowest BCUT2D eigenvalue weighted by atomic mass is 9.81. The van der Waals surface area contributed by atoms with E-state index in [-0.39, 0.29) is 83.7 Å². The molecule has 3 unspecified atom stereocenters. The molecule has 3 N–H and O–H groups in total. The topological polar surface area (TPSA) is 364 Å².